The molecule has 0 unspecified atom stereocenters. The van der Waals surface area contributed by atoms with Crippen LogP contribution in [0.25, 0.3) is 0 Å². The zero-order valence-corrected chi connectivity index (χ0v) is 18.8. The van der Waals surface area contributed by atoms with Crippen LogP contribution in [0.4, 0.5) is 5.69 Å². The fraction of sp³-hybridized carbons (Fsp3) is 0.308. The number of hydrogen-bond acceptors (Lipinski definition) is 6. The van der Waals surface area contributed by atoms with Crippen molar-refractivity contribution in [1.29, 1.82) is 0 Å². The Labute approximate surface area is 194 Å². The smallest absolute Gasteiger partial charge is 0.238 e. The van der Waals surface area contributed by atoms with Crippen LogP contribution < -0.4 is 19.5 Å². The molecule has 0 radical (unpaired) electrons. The van der Waals surface area contributed by atoms with E-state index in [0.717, 1.165) is 31.4 Å². The third-order valence-electron chi connectivity index (χ3n) is 5.40. The van der Waals surface area contributed by atoms with Crippen LogP contribution in [0, 0.1) is 0 Å². The summed E-state index contributed by atoms with van der Waals surface area (Å²) in [6.07, 6.45) is 4.62. The molecule has 1 amide bonds. The first kappa shape index (κ1) is 22.6. The van der Waals surface area contributed by atoms with Gasteiger partial charge in [0.25, 0.3) is 0 Å². The van der Waals surface area contributed by atoms with Crippen molar-refractivity contribution in [3.63, 3.8) is 0 Å². The Kier molecular flexibility index (Phi) is 7.76. The number of ether oxygens (including phenoxy) is 3. The lowest BCUT2D eigenvalue weighted by molar-refractivity contribution is -0.117. The molecule has 2 aromatic carbocycles. The average molecular weight is 448 g/mol. The van der Waals surface area contributed by atoms with Crippen molar-refractivity contribution in [2.24, 2.45) is 0 Å². The van der Waals surface area contributed by atoms with Gasteiger partial charge in [-0.25, -0.2) is 4.98 Å². The normalized spacial score (nSPS) is 14.7. The van der Waals surface area contributed by atoms with Gasteiger partial charge in [0.1, 0.15) is 5.75 Å². The summed E-state index contributed by atoms with van der Waals surface area (Å²) in [6, 6.07) is 18.9. The lowest BCUT2D eigenvalue weighted by Gasteiger charge is -2.22. The van der Waals surface area contributed by atoms with Crippen LogP contribution in [0.1, 0.15) is 24.8 Å². The Hall–Kier alpha value is -3.58. The molecule has 0 saturated heterocycles. The van der Waals surface area contributed by atoms with Crippen LogP contribution in [-0.4, -0.2) is 42.6 Å². The second-order valence-electron chi connectivity index (χ2n) is 7.92. The molecular weight excluding hydrogens is 418 g/mol. The van der Waals surface area contributed by atoms with E-state index in [4.69, 9.17) is 14.2 Å². The largest absolute Gasteiger partial charge is 0.497 e. The van der Waals surface area contributed by atoms with Gasteiger partial charge in [-0.3, -0.25) is 9.69 Å². The number of benzene rings is 2. The molecule has 0 aliphatic carbocycles. The van der Waals surface area contributed by atoms with Crippen LogP contribution in [0.3, 0.4) is 0 Å². The lowest BCUT2D eigenvalue weighted by Crippen LogP contribution is -2.33. The monoisotopic (exact) mass is 447 g/mol. The number of pyridine rings is 1. The fourth-order valence-electron chi connectivity index (χ4n) is 3.75. The topological polar surface area (TPSA) is 72.9 Å². The van der Waals surface area contributed by atoms with E-state index in [1.165, 1.54) is 0 Å². The number of para-hydroxylation sites is 2. The highest BCUT2D eigenvalue weighted by molar-refractivity contribution is 5.92. The number of amides is 1. The number of fused-ring (bicyclic) bond motifs is 2. The molecule has 4 rings (SSSR count). The first-order valence-corrected chi connectivity index (χ1v) is 11.2. The Morgan fingerprint density at radius 3 is 2.82 bits per heavy atom. The molecule has 172 valence electrons. The minimum atomic E-state index is -0.0763. The van der Waals surface area contributed by atoms with E-state index in [1.807, 2.05) is 60.7 Å². The van der Waals surface area contributed by atoms with Gasteiger partial charge in [-0.05, 0) is 56.1 Å². The SMILES string of the molecule is COc1cccc(NC(=O)CN2CCCCCOc3ccccc3Oc3ncccc3C2)c1. The number of methoxy groups -OCH3 is 1. The van der Waals surface area contributed by atoms with Crippen molar-refractivity contribution < 1.29 is 19.0 Å². The molecule has 7 nitrogen and oxygen atoms in total. The first-order valence-electron chi connectivity index (χ1n) is 11.2. The van der Waals surface area contributed by atoms with Crippen molar-refractivity contribution in [1.82, 2.24) is 9.88 Å². The standard InChI is InChI=1S/C26H29N3O4/c1-31-22-11-7-10-21(17-22)28-25(30)19-29-15-5-2-6-16-32-23-12-3-4-13-24(23)33-26-20(18-29)9-8-14-27-26/h3-4,7-14,17H,2,5-6,15-16,18-19H2,1H3,(H,28,30). The number of aromatic nitrogens is 1. The summed E-state index contributed by atoms with van der Waals surface area (Å²) in [4.78, 5) is 19.4. The van der Waals surface area contributed by atoms with Crippen molar-refractivity contribution in [3.05, 3.63) is 72.4 Å². The maximum atomic E-state index is 12.8. The molecule has 0 fully saturated rings. The second kappa shape index (κ2) is 11.3. The number of nitrogens with zero attached hydrogens (tertiary/aromatic N) is 2. The zero-order valence-electron chi connectivity index (χ0n) is 18.8. The molecule has 1 aliphatic rings. The number of hydrogen-bond donors (Lipinski definition) is 1. The Morgan fingerprint density at radius 2 is 1.94 bits per heavy atom. The van der Waals surface area contributed by atoms with E-state index in [-0.39, 0.29) is 12.5 Å². The Bertz CT molecular complexity index is 1070. The zero-order chi connectivity index (χ0) is 22.9. The molecule has 33 heavy (non-hydrogen) atoms. The third kappa shape index (κ3) is 6.46. The molecule has 0 spiro atoms. The summed E-state index contributed by atoms with van der Waals surface area (Å²) in [5.74, 6) is 2.50. The third-order valence-corrected chi connectivity index (χ3v) is 5.40. The molecule has 1 N–H and O–H groups in total. The van der Waals surface area contributed by atoms with Crippen molar-refractivity contribution in [2.45, 2.75) is 25.8 Å². The van der Waals surface area contributed by atoms with E-state index < -0.39 is 0 Å². The van der Waals surface area contributed by atoms with Gasteiger partial charge < -0.3 is 19.5 Å². The van der Waals surface area contributed by atoms with Crippen LogP contribution in [-0.2, 0) is 11.3 Å². The van der Waals surface area contributed by atoms with Crippen molar-refractivity contribution in [2.75, 3.05) is 32.1 Å². The molecule has 1 aromatic heterocycles. The Morgan fingerprint density at radius 1 is 1.06 bits per heavy atom. The van der Waals surface area contributed by atoms with Crippen LogP contribution in [0.2, 0.25) is 0 Å². The second-order valence-corrected chi connectivity index (χ2v) is 7.92. The van der Waals surface area contributed by atoms with E-state index in [9.17, 15) is 4.79 Å². The molecule has 0 atom stereocenters. The van der Waals surface area contributed by atoms with Crippen molar-refractivity contribution >= 4 is 11.6 Å². The van der Waals surface area contributed by atoms with Crippen molar-refractivity contribution in [3.8, 4) is 23.1 Å². The summed E-state index contributed by atoms with van der Waals surface area (Å²) in [7, 11) is 1.61. The number of carbonyl (C=O) groups excluding carboxylic acids is 1. The summed E-state index contributed by atoms with van der Waals surface area (Å²) < 4.78 is 17.4. The number of rotatable bonds is 4. The van der Waals surface area contributed by atoms with E-state index in [2.05, 4.69) is 15.2 Å². The first-order chi connectivity index (χ1) is 16.2. The average Bonchev–Trinajstić information content (AvgIpc) is 2.84. The van der Waals surface area contributed by atoms with Crippen LogP contribution in [0.5, 0.6) is 23.1 Å². The minimum absolute atomic E-state index is 0.0763. The fourth-order valence-corrected chi connectivity index (χ4v) is 3.75. The van der Waals surface area contributed by atoms with Gasteiger partial charge in [0, 0.05) is 30.1 Å². The molecule has 3 aromatic rings. The predicted octanol–water partition coefficient (Wildman–Crippen LogP) is 4.89. The molecular formula is C26H29N3O4. The van der Waals surface area contributed by atoms with Gasteiger partial charge >= 0.3 is 0 Å². The van der Waals surface area contributed by atoms with Gasteiger partial charge in [-0.2, -0.15) is 0 Å². The van der Waals surface area contributed by atoms with E-state index in [0.29, 0.717) is 42.0 Å². The molecule has 2 heterocycles. The molecule has 7 heteroatoms. The maximum Gasteiger partial charge on any atom is 0.238 e. The lowest BCUT2D eigenvalue weighted by atomic mass is 10.2. The van der Waals surface area contributed by atoms with Crippen LogP contribution >= 0.6 is 0 Å². The summed E-state index contributed by atoms with van der Waals surface area (Å²) in [6.45, 7) is 2.22. The van der Waals surface area contributed by atoms with Crippen LogP contribution in [0.15, 0.2) is 66.9 Å². The molecule has 0 bridgehead atoms. The highest BCUT2D eigenvalue weighted by Gasteiger charge is 2.17. The van der Waals surface area contributed by atoms with Gasteiger partial charge in [0.05, 0.1) is 20.3 Å². The number of carbonyl (C=O) groups is 1. The highest BCUT2D eigenvalue weighted by Crippen LogP contribution is 2.32. The Balaban J connectivity index is 1.51. The minimum Gasteiger partial charge on any atom is -0.497 e. The predicted molar refractivity (Wildman–Crippen MR) is 127 cm³/mol. The summed E-state index contributed by atoms with van der Waals surface area (Å²) >= 11 is 0. The van der Waals surface area contributed by atoms with Gasteiger partial charge in [0.2, 0.25) is 11.8 Å². The molecule has 0 saturated carbocycles. The van der Waals surface area contributed by atoms with Gasteiger partial charge in [-0.15, -0.1) is 0 Å². The quantitative estimate of drug-likeness (QED) is 0.614. The highest BCUT2D eigenvalue weighted by atomic mass is 16.5. The van der Waals surface area contributed by atoms with E-state index >= 15 is 0 Å². The number of nitrogens with one attached hydrogen (secondary N) is 1. The molecule has 1 aliphatic heterocycles. The van der Waals surface area contributed by atoms with E-state index in [1.54, 1.807) is 13.3 Å². The van der Waals surface area contributed by atoms with Gasteiger partial charge in [-0.1, -0.05) is 24.3 Å². The van der Waals surface area contributed by atoms with Gasteiger partial charge in [0.15, 0.2) is 11.5 Å². The maximum absolute atomic E-state index is 12.8. The number of anilines is 1. The summed E-state index contributed by atoms with van der Waals surface area (Å²) in [5.41, 5.74) is 1.63. The summed E-state index contributed by atoms with van der Waals surface area (Å²) in [5, 5.41) is 2.97.